The standard InChI is InChI=1S/C28H29F3N6O2/c1-4-18-5-6-22-23(13-18)32-8-7-24(22)36-9-11-37(12-10-36)26-17-25(28(29,30)31)34-27(35-26)33-19-14-20(38-2)16-21(15-19)39-3/h5-8,13-17H,4,9-12H2,1-3H3,(H,33,34,35). The van der Waals surface area contributed by atoms with Crippen molar-refractivity contribution in [3.63, 3.8) is 0 Å². The van der Waals surface area contributed by atoms with Gasteiger partial charge >= 0.3 is 6.18 Å². The second-order valence-electron chi connectivity index (χ2n) is 9.17. The normalized spacial score (nSPS) is 14.0. The molecule has 1 aliphatic heterocycles. The first-order chi connectivity index (χ1) is 18.8. The zero-order valence-electron chi connectivity index (χ0n) is 21.9. The van der Waals surface area contributed by atoms with Gasteiger partial charge in [0.2, 0.25) is 5.95 Å². The average Bonchev–Trinajstić information content (AvgIpc) is 2.95. The molecule has 2 aromatic carbocycles. The second-order valence-corrected chi connectivity index (χ2v) is 9.17. The third-order valence-corrected chi connectivity index (χ3v) is 6.75. The molecule has 2 aromatic heterocycles. The fourth-order valence-electron chi connectivity index (χ4n) is 4.66. The number of pyridine rings is 1. The molecule has 204 valence electrons. The number of ether oxygens (including phenoxy) is 2. The lowest BCUT2D eigenvalue weighted by Crippen LogP contribution is -2.47. The fourth-order valence-corrected chi connectivity index (χ4v) is 4.66. The van der Waals surface area contributed by atoms with Gasteiger partial charge in [0, 0.05) is 73.4 Å². The first kappa shape index (κ1) is 26.3. The fraction of sp³-hybridized carbons (Fsp3) is 0.321. The number of rotatable bonds is 7. The van der Waals surface area contributed by atoms with Crippen LogP contribution in [0.25, 0.3) is 10.9 Å². The molecular formula is C28H29F3N6O2. The highest BCUT2D eigenvalue weighted by atomic mass is 19.4. The van der Waals surface area contributed by atoms with E-state index in [0.717, 1.165) is 29.1 Å². The summed E-state index contributed by atoms with van der Waals surface area (Å²) in [6.45, 7) is 4.34. The Balaban J connectivity index is 1.39. The smallest absolute Gasteiger partial charge is 0.433 e. The van der Waals surface area contributed by atoms with E-state index in [0.29, 0.717) is 43.4 Å². The molecule has 1 aliphatic rings. The molecule has 0 saturated carbocycles. The molecule has 0 aliphatic carbocycles. The molecule has 11 heteroatoms. The van der Waals surface area contributed by atoms with E-state index in [1.807, 2.05) is 11.0 Å². The number of alkyl halides is 3. The zero-order chi connectivity index (χ0) is 27.6. The number of piperazine rings is 1. The number of methoxy groups -OCH3 is 2. The molecule has 39 heavy (non-hydrogen) atoms. The van der Waals surface area contributed by atoms with Crippen LogP contribution in [0.5, 0.6) is 11.5 Å². The third kappa shape index (κ3) is 5.76. The van der Waals surface area contributed by atoms with Crippen LogP contribution in [0, 0.1) is 0 Å². The maximum atomic E-state index is 13.8. The van der Waals surface area contributed by atoms with E-state index in [1.54, 1.807) is 24.4 Å². The van der Waals surface area contributed by atoms with E-state index in [4.69, 9.17) is 9.47 Å². The molecule has 1 fully saturated rings. The van der Waals surface area contributed by atoms with Crippen LogP contribution < -0.4 is 24.6 Å². The topological polar surface area (TPSA) is 75.6 Å². The van der Waals surface area contributed by atoms with Gasteiger partial charge in [-0.15, -0.1) is 0 Å². The predicted molar refractivity (Wildman–Crippen MR) is 145 cm³/mol. The van der Waals surface area contributed by atoms with Crippen molar-refractivity contribution in [3.8, 4) is 11.5 Å². The van der Waals surface area contributed by atoms with Crippen LogP contribution in [0.3, 0.4) is 0 Å². The molecule has 5 rings (SSSR count). The van der Waals surface area contributed by atoms with Gasteiger partial charge in [-0.3, -0.25) is 4.98 Å². The monoisotopic (exact) mass is 538 g/mol. The molecule has 4 aromatic rings. The number of nitrogens with one attached hydrogen (secondary N) is 1. The van der Waals surface area contributed by atoms with Crippen molar-refractivity contribution >= 4 is 34.0 Å². The quantitative estimate of drug-likeness (QED) is 0.322. The number of hydrogen-bond acceptors (Lipinski definition) is 8. The highest BCUT2D eigenvalue weighted by molar-refractivity contribution is 5.92. The van der Waals surface area contributed by atoms with Crippen molar-refractivity contribution in [3.05, 3.63) is 66.0 Å². The number of halogens is 3. The predicted octanol–water partition coefficient (Wildman–Crippen LogP) is 5.69. The number of fused-ring (bicyclic) bond motifs is 1. The summed E-state index contributed by atoms with van der Waals surface area (Å²) in [4.78, 5) is 16.8. The maximum absolute atomic E-state index is 13.8. The summed E-state index contributed by atoms with van der Waals surface area (Å²) < 4.78 is 51.9. The highest BCUT2D eigenvalue weighted by Crippen LogP contribution is 2.33. The van der Waals surface area contributed by atoms with E-state index in [1.165, 1.54) is 19.8 Å². The Labute approximate surface area is 224 Å². The van der Waals surface area contributed by atoms with Gasteiger partial charge in [-0.2, -0.15) is 18.2 Å². The van der Waals surface area contributed by atoms with Gasteiger partial charge in [-0.1, -0.05) is 19.1 Å². The third-order valence-electron chi connectivity index (χ3n) is 6.75. The van der Waals surface area contributed by atoms with Gasteiger partial charge in [0.15, 0.2) is 5.69 Å². The molecule has 0 atom stereocenters. The minimum atomic E-state index is -4.63. The van der Waals surface area contributed by atoms with Crippen LogP contribution >= 0.6 is 0 Å². The summed E-state index contributed by atoms with van der Waals surface area (Å²) in [6.07, 6.45) is -1.90. The van der Waals surface area contributed by atoms with Crippen LogP contribution in [-0.4, -0.2) is 55.4 Å². The molecule has 1 N–H and O–H groups in total. The van der Waals surface area contributed by atoms with Gasteiger partial charge in [0.25, 0.3) is 0 Å². The van der Waals surface area contributed by atoms with Gasteiger partial charge in [-0.25, -0.2) is 4.98 Å². The summed E-state index contributed by atoms with van der Waals surface area (Å²) in [7, 11) is 2.99. The molecule has 0 bridgehead atoms. The van der Waals surface area contributed by atoms with Crippen LogP contribution in [0.2, 0.25) is 0 Å². The number of nitrogens with zero attached hydrogens (tertiary/aromatic N) is 5. The molecule has 0 spiro atoms. The number of hydrogen-bond donors (Lipinski definition) is 1. The molecule has 3 heterocycles. The van der Waals surface area contributed by atoms with Crippen molar-refractivity contribution in [2.45, 2.75) is 19.5 Å². The van der Waals surface area contributed by atoms with Crippen molar-refractivity contribution in [1.82, 2.24) is 15.0 Å². The molecule has 0 radical (unpaired) electrons. The first-order valence-electron chi connectivity index (χ1n) is 12.6. The maximum Gasteiger partial charge on any atom is 0.433 e. The minimum Gasteiger partial charge on any atom is -0.497 e. The van der Waals surface area contributed by atoms with E-state index in [9.17, 15) is 13.2 Å². The highest BCUT2D eigenvalue weighted by Gasteiger charge is 2.34. The van der Waals surface area contributed by atoms with Crippen LogP contribution in [0.1, 0.15) is 18.2 Å². The summed E-state index contributed by atoms with van der Waals surface area (Å²) in [5.41, 5.74) is 2.65. The van der Waals surface area contributed by atoms with E-state index in [2.05, 4.69) is 50.3 Å². The van der Waals surface area contributed by atoms with Crippen molar-refractivity contribution in [1.29, 1.82) is 0 Å². The van der Waals surface area contributed by atoms with Crippen LogP contribution in [-0.2, 0) is 12.6 Å². The van der Waals surface area contributed by atoms with Crippen molar-refractivity contribution < 1.29 is 22.6 Å². The van der Waals surface area contributed by atoms with E-state index >= 15 is 0 Å². The number of aromatic nitrogens is 3. The summed E-state index contributed by atoms with van der Waals surface area (Å²) in [5, 5.41) is 3.94. The zero-order valence-corrected chi connectivity index (χ0v) is 21.9. The van der Waals surface area contributed by atoms with Gasteiger partial charge < -0.3 is 24.6 Å². The van der Waals surface area contributed by atoms with E-state index in [-0.39, 0.29) is 11.8 Å². The summed E-state index contributed by atoms with van der Waals surface area (Å²) in [6, 6.07) is 14.2. The summed E-state index contributed by atoms with van der Waals surface area (Å²) >= 11 is 0. The Bertz CT molecular complexity index is 1450. The lowest BCUT2D eigenvalue weighted by Gasteiger charge is -2.37. The lowest BCUT2D eigenvalue weighted by atomic mass is 10.1. The molecule has 0 amide bonds. The number of aryl methyl sites for hydroxylation is 1. The van der Waals surface area contributed by atoms with Gasteiger partial charge in [0.05, 0.1) is 19.7 Å². The average molecular weight is 539 g/mol. The van der Waals surface area contributed by atoms with E-state index < -0.39 is 11.9 Å². The Morgan fingerprint density at radius 3 is 2.21 bits per heavy atom. The Hall–Kier alpha value is -4.28. The minimum absolute atomic E-state index is 0.163. The Morgan fingerprint density at radius 1 is 0.872 bits per heavy atom. The van der Waals surface area contributed by atoms with Gasteiger partial charge in [0.1, 0.15) is 17.3 Å². The molecule has 1 saturated heterocycles. The number of anilines is 4. The second kappa shape index (κ2) is 10.8. The lowest BCUT2D eigenvalue weighted by molar-refractivity contribution is -0.141. The largest absolute Gasteiger partial charge is 0.497 e. The van der Waals surface area contributed by atoms with Crippen LogP contribution in [0.15, 0.2) is 54.7 Å². The molecule has 8 nitrogen and oxygen atoms in total. The summed E-state index contributed by atoms with van der Waals surface area (Å²) in [5.74, 6) is 1.01. The number of benzene rings is 2. The SMILES string of the molecule is CCc1ccc2c(N3CCN(c4cc(C(F)(F)F)nc(Nc5cc(OC)cc(OC)c5)n4)CC3)ccnc2c1. The molecule has 0 unspecified atom stereocenters. The van der Waals surface area contributed by atoms with Crippen LogP contribution in [0.4, 0.5) is 36.3 Å². The molecular weight excluding hydrogens is 509 g/mol. The van der Waals surface area contributed by atoms with Gasteiger partial charge in [-0.05, 0) is 24.1 Å². The van der Waals surface area contributed by atoms with Crippen molar-refractivity contribution in [2.75, 3.05) is 55.5 Å². The van der Waals surface area contributed by atoms with Crippen molar-refractivity contribution in [2.24, 2.45) is 0 Å². The first-order valence-corrected chi connectivity index (χ1v) is 12.6. The Kier molecular flexibility index (Phi) is 7.32. The Morgan fingerprint density at radius 2 is 1.56 bits per heavy atom.